The van der Waals surface area contributed by atoms with Crippen LogP contribution >= 0.6 is 0 Å². The largest absolute Gasteiger partial charge is 0.344 e. The van der Waals surface area contributed by atoms with Crippen LogP contribution in [0.4, 0.5) is 0 Å². The molecule has 1 amide bonds. The molecule has 2 rings (SSSR count). The minimum atomic E-state index is -0.135. The zero-order valence-electron chi connectivity index (χ0n) is 10.8. The molecule has 0 aliphatic heterocycles. The Morgan fingerprint density at radius 3 is 2.56 bits per heavy atom. The third-order valence-corrected chi connectivity index (χ3v) is 2.87. The maximum atomic E-state index is 12.1. The Bertz CT molecular complexity index is 545. The molecule has 4 nitrogen and oxygen atoms in total. The molecule has 2 aromatic rings. The fraction of sp³-hybridized carbons (Fsp3) is 0.286. The molecule has 0 saturated carbocycles. The van der Waals surface area contributed by atoms with E-state index in [1.165, 1.54) is 0 Å². The zero-order chi connectivity index (χ0) is 13.1. The van der Waals surface area contributed by atoms with Gasteiger partial charge in [-0.15, -0.1) is 0 Å². The van der Waals surface area contributed by atoms with E-state index < -0.39 is 0 Å². The van der Waals surface area contributed by atoms with E-state index in [0.717, 1.165) is 11.1 Å². The van der Waals surface area contributed by atoms with Crippen molar-refractivity contribution < 1.29 is 4.79 Å². The summed E-state index contributed by atoms with van der Waals surface area (Å²) in [4.78, 5) is 12.1. The van der Waals surface area contributed by atoms with Crippen LogP contribution in [0, 0.1) is 6.92 Å². The molecule has 0 bridgehead atoms. The molecule has 18 heavy (non-hydrogen) atoms. The Balaban J connectivity index is 2.10. The first-order valence-corrected chi connectivity index (χ1v) is 5.94. The number of aromatic nitrogens is 2. The van der Waals surface area contributed by atoms with Crippen molar-refractivity contribution in [2.45, 2.75) is 19.9 Å². The first-order valence-electron chi connectivity index (χ1n) is 5.94. The van der Waals surface area contributed by atoms with E-state index >= 15 is 0 Å². The summed E-state index contributed by atoms with van der Waals surface area (Å²) in [6.07, 6.45) is 1.84. The number of hydrogen-bond donors (Lipinski definition) is 1. The van der Waals surface area contributed by atoms with Crippen molar-refractivity contribution in [3.63, 3.8) is 0 Å². The Morgan fingerprint density at radius 1 is 1.33 bits per heavy atom. The summed E-state index contributed by atoms with van der Waals surface area (Å²) in [5, 5.41) is 7.11. The lowest BCUT2D eigenvalue weighted by atomic mass is 10.1. The topological polar surface area (TPSA) is 46.9 Å². The average Bonchev–Trinajstić information content (AvgIpc) is 2.69. The highest BCUT2D eigenvalue weighted by Crippen LogP contribution is 2.13. The molecular weight excluding hydrogens is 226 g/mol. The van der Waals surface area contributed by atoms with Gasteiger partial charge in [-0.05, 0) is 19.4 Å². The number of carbonyl (C=O) groups excluding carboxylic acids is 1. The second-order valence-corrected chi connectivity index (χ2v) is 4.44. The molecule has 0 fully saturated rings. The molecule has 1 aromatic carbocycles. The van der Waals surface area contributed by atoms with Crippen LogP contribution < -0.4 is 5.32 Å². The van der Waals surface area contributed by atoms with Crippen LogP contribution in [0.3, 0.4) is 0 Å². The van der Waals surface area contributed by atoms with Gasteiger partial charge in [-0.25, -0.2) is 0 Å². The Labute approximate surface area is 107 Å². The van der Waals surface area contributed by atoms with Crippen molar-refractivity contribution >= 4 is 5.91 Å². The van der Waals surface area contributed by atoms with Gasteiger partial charge in [0.2, 0.25) is 0 Å². The molecule has 4 heteroatoms. The zero-order valence-corrected chi connectivity index (χ0v) is 10.8. The first-order chi connectivity index (χ1) is 8.58. The average molecular weight is 243 g/mol. The number of nitrogens with zero attached hydrogens (tertiary/aromatic N) is 2. The van der Waals surface area contributed by atoms with Gasteiger partial charge in [-0.2, -0.15) is 5.10 Å². The Morgan fingerprint density at radius 2 is 2.00 bits per heavy atom. The van der Waals surface area contributed by atoms with E-state index in [1.54, 1.807) is 4.68 Å². The molecule has 0 aliphatic carbocycles. The Hall–Kier alpha value is -2.10. The van der Waals surface area contributed by atoms with Gasteiger partial charge in [0, 0.05) is 18.8 Å². The van der Waals surface area contributed by atoms with E-state index in [-0.39, 0.29) is 11.9 Å². The fourth-order valence-corrected chi connectivity index (χ4v) is 1.92. The number of hydrogen-bond acceptors (Lipinski definition) is 2. The van der Waals surface area contributed by atoms with Gasteiger partial charge >= 0.3 is 0 Å². The summed E-state index contributed by atoms with van der Waals surface area (Å²) in [7, 11) is 1.81. The minimum absolute atomic E-state index is 0.0277. The second-order valence-electron chi connectivity index (χ2n) is 4.44. The first kappa shape index (κ1) is 12.4. The Kier molecular flexibility index (Phi) is 3.46. The van der Waals surface area contributed by atoms with Crippen molar-refractivity contribution in [1.29, 1.82) is 0 Å². The molecule has 1 aromatic heterocycles. The summed E-state index contributed by atoms with van der Waals surface area (Å²) < 4.78 is 1.65. The molecular formula is C14H17N3O. The third kappa shape index (κ3) is 2.59. The van der Waals surface area contributed by atoms with Crippen molar-refractivity contribution in [3.8, 4) is 0 Å². The standard InChI is InChI=1S/C14H17N3O/c1-10-9-17(3)16-13(10)14(18)15-11(2)12-7-5-4-6-8-12/h4-9,11H,1-3H3,(H,15,18). The van der Waals surface area contributed by atoms with Gasteiger partial charge in [-0.1, -0.05) is 30.3 Å². The van der Waals surface area contributed by atoms with Crippen LogP contribution in [-0.2, 0) is 7.05 Å². The van der Waals surface area contributed by atoms with E-state index in [0.29, 0.717) is 5.69 Å². The molecule has 0 spiro atoms. The van der Waals surface area contributed by atoms with Gasteiger partial charge in [0.15, 0.2) is 5.69 Å². The highest BCUT2D eigenvalue weighted by molar-refractivity contribution is 5.93. The summed E-state index contributed by atoms with van der Waals surface area (Å²) in [5.41, 5.74) is 2.45. The summed E-state index contributed by atoms with van der Waals surface area (Å²) in [6.45, 7) is 3.85. The van der Waals surface area contributed by atoms with Gasteiger partial charge in [-0.3, -0.25) is 9.48 Å². The van der Waals surface area contributed by atoms with Crippen LogP contribution in [0.5, 0.6) is 0 Å². The monoisotopic (exact) mass is 243 g/mol. The maximum absolute atomic E-state index is 12.1. The molecule has 0 aliphatic rings. The summed E-state index contributed by atoms with van der Waals surface area (Å²) >= 11 is 0. The highest BCUT2D eigenvalue weighted by Gasteiger charge is 2.15. The van der Waals surface area contributed by atoms with Crippen molar-refractivity contribution in [2.24, 2.45) is 7.05 Å². The van der Waals surface area contributed by atoms with Crippen LogP contribution in [0.15, 0.2) is 36.5 Å². The van der Waals surface area contributed by atoms with Crippen LogP contribution in [0.25, 0.3) is 0 Å². The SMILES string of the molecule is Cc1cn(C)nc1C(=O)NC(C)c1ccccc1. The van der Waals surface area contributed by atoms with E-state index in [4.69, 9.17) is 0 Å². The lowest BCUT2D eigenvalue weighted by Gasteiger charge is -2.13. The van der Waals surface area contributed by atoms with Gasteiger partial charge < -0.3 is 5.32 Å². The lowest BCUT2D eigenvalue weighted by Crippen LogP contribution is -2.27. The molecule has 0 saturated heterocycles. The van der Waals surface area contributed by atoms with E-state index in [1.807, 2.05) is 57.4 Å². The predicted molar refractivity (Wildman–Crippen MR) is 70.3 cm³/mol. The van der Waals surface area contributed by atoms with Crippen molar-refractivity contribution in [1.82, 2.24) is 15.1 Å². The van der Waals surface area contributed by atoms with Crippen LogP contribution in [0.1, 0.15) is 34.6 Å². The van der Waals surface area contributed by atoms with Crippen molar-refractivity contribution in [2.75, 3.05) is 0 Å². The number of nitrogens with one attached hydrogen (secondary N) is 1. The van der Waals surface area contributed by atoms with Gasteiger partial charge in [0.25, 0.3) is 5.91 Å². The van der Waals surface area contributed by atoms with Crippen molar-refractivity contribution in [3.05, 3.63) is 53.3 Å². The lowest BCUT2D eigenvalue weighted by molar-refractivity contribution is 0.0933. The summed E-state index contributed by atoms with van der Waals surface area (Å²) in [6, 6.07) is 9.85. The smallest absolute Gasteiger partial charge is 0.272 e. The normalized spacial score (nSPS) is 12.2. The van der Waals surface area contributed by atoms with E-state index in [2.05, 4.69) is 10.4 Å². The van der Waals surface area contributed by atoms with Gasteiger partial charge in [0.1, 0.15) is 0 Å². The summed E-state index contributed by atoms with van der Waals surface area (Å²) in [5.74, 6) is -0.135. The molecule has 1 atom stereocenters. The quantitative estimate of drug-likeness (QED) is 0.898. The number of benzene rings is 1. The van der Waals surface area contributed by atoms with Crippen LogP contribution in [-0.4, -0.2) is 15.7 Å². The number of aryl methyl sites for hydroxylation is 2. The van der Waals surface area contributed by atoms with Crippen LogP contribution in [0.2, 0.25) is 0 Å². The third-order valence-electron chi connectivity index (χ3n) is 2.87. The molecule has 1 heterocycles. The molecule has 1 N–H and O–H groups in total. The van der Waals surface area contributed by atoms with E-state index in [9.17, 15) is 4.79 Å². The molecule has 1 unspecified atom stereocenters. The number of rotatable bonds is 3. The number of amides is 1. The highest BCUT2D eigenvalue weighted by atomic mass is 16.2. The second kappa shape index (κ2) is 5.04. The maximum Gasteiger partial charge on any atom is 0.272 e. The van der Waals surface area contributed by atoms with Gasteiger partial charge in [0.05, 0.1) is 6.04 Å². The fourth-order valence-electron chi connectivity index (χ4n) is 1.92. The molecule has 0 radical (unpaired) electrons. The predicted octanol–water partition coefficient (Wildman–Crippen LogP) is 2.22. The molecule has 94 valence electrons. The minimum Gasteiger partial charge on any atom is -0.344 e. The number of carbonyl (C=O) groups is 1.